The molecule has 5 rings (SSSR count). The zero-order chi connectivity index (χ0) is 61.9. The Morgan fingerprint density at radius 3 is 1.95 bits per heavy atom. The minimum atomic E-state index is -2.48. The number of fused-ring (bicyclic) bond motifs is 2. The van der Waals surface area contributed by atoms with Crippen LogP contribution in [-0.4, -0.2) is 230 Å². The van der Waals surface area contributed by atoms with Gasteiger partial charge in [-0.05, 0) is 40.0 Å². The van der Waals surface area contributed by atoms with Gasteiger partial charge in [0.05, 0.1) is 104 Å². The topological polar surface area (TPSA) is 414 Å². The first-order valence-electron chi connectivity index (χ1n) is 28.8. The molecule has 0 spiro atoms. The molecule has 3 saturated heterocycles. The summed E-state index contributed by atoms with van der Waals surface area (Å²) in [6.07, 6.45) is -3.30. The first-order chi connectivity index (χ1) is 39.7. The van der Waals surface area contributed by atoms with Gasteiger partial charge >= 0.3 is 5.97 Å². The molecule has 0 aliphatic carbocycles. The molecule has 84 heavy (non-hydrogen) atoms. The van der Waals surface area contributed by atoms with Crippen molar-refractivity contribution in [1.82, 2.24) is 15.8 Å². The van der Waals surface area contributed by atoms with Crippen LogP contribution in [0.25, 0.3) is 0 Å². The van der Waals surface area contributed by atoms with E-state index in [-0.39, 0.29) is 44.6 Å². The van der Waals surface area contributed by atoms with Crippen LogP contribution in [0.2, 0.25) is 0 Å². The lowest BCUT2D eigenvalue weighted by atomic mass is 9.82. The smallest absolute Gasteiger partial charge is 0.308 e. The molecule has 25 heteroatoms. The van der Waals surface area contributed by atoms with Gasteiger partial charge < -0.3 is 110 Å². The number of aliphatic hydroxyl groups excluding tert-OH is 12. The Bertz CT molecular complexity index is 2380. The lowest BCUT2D eigenvalue weighted by Gasteiger charge is -2.47. The molecular weight excluding hydrogens is 1100 g/mol. The van der Waals surface area contributed by atoms with Crippen molar-refractivity contribution in [3.05, 3.63) is 103 Å². The number of aryl methyl sites for hydroxylation is 1. The van der Waals surface area contributed by atoms with Gasteiger partial charge in [-0.15, -0.1) is 0 Å². The Hall–Kier alpha value is -4.43. The fourth-order valence-corrected chi connectivity index (χ4v) is 10.5. The van der Waals surface area contributed by atoms with E-state index < -0.39 is 184 Å². The van der Waals surface area contributed by atoms with Gasteiger partial charge in [0, 0.05) is 56.6 Å². The summed E-state index contributed by atoms with van der Waals surface area (Å²) in [5, 5.41) is 164. The summed E-state index contributed by atoms with van der Waals surface area (Å²) in [5.41, 5.74) is 0.537. The fraction of sp³-hybridized carbons (Fsp3) is 0.678. The van der Waals surface area contributed by atoms with Crippen LogP contribution in [0.3, 0.4) is 0 Å². The number of hydrogen-bond acceptors (Lipinski definition) is 24. The molecule has 25 nitrogen and oxygen atoms in total. The molecule has 16 N–H and O–H groups in total. The quantitative estimate of drug-likeness (QED) is 0.128. The maximum Gasteiger partial charge on any atom is 0.308 e. The van der Waals surface area contributed by atoms with Gasteiger partial charge in [-0.1, -0.05) is 104 Å². The van der Waals surface area contributed by atoms with Gasteiger partial charge in [-0.3, -0.25) is 9.59 Å². The van der Waals surface area contributed by atoms with E-state index in [1.165, 1.54) is 13.0 Å². The van der Waals surface area contributed by atoms with E-state index in [9.17, 15) is 81.1 Å². The van der Waals surface area contributed by atoms with E-state index >= 15 is 0 Å². The zero-order valence-corrected chi connectivity index (χ0v) is 48.2. The Balaban J connectivity index is 1.43. The summed E-state index contributed by atoms with van der Waals surface area (Å²) in [6, 6.07) is 0.327. The number of esters is 1. The number of allylic oxidation sites excluding steroid dienone is 12. The SMILES string of the molecule is Cc1cc(CCNC(=O)C2C3C[C@@H](O[C@@H]4O[C@H](C)[C@@H](O)[C@H](NC[C@@]5(O)OC[C@@H](O)[C@H](O)[C@@H]5O)[C@@H]4O)C=CC=CC=CC=CC=CC=CC=C[C@H](C)[C@@H](O)C(C)[C@H](C)OC(=O)C[C@H](O)C[C@H](O)CC[C@@H](O)[C@H](O)C[C@H](O)C[C@](O)(C[C@@H]2O)O3)no1. The van der Waals surface area contributed by atoms with E-state index in [4.69, 9.17) is 28.2 Å². The summed E-state index contributed by atoms with van der Waals surface area (Å²) in [6.45, 7) is 7.18. The number of amides is 1. The Kier molecular flexibility index (Phi) is 28.2. The monoisotopic (exact) mass is 1190 g/mol. The number of aromatic nitrogens is 1. The molecule has 1 aromatic heterocycles. The lowest BCUT2D eigenvalue weighted by molar-refractivity contribution is -0.323. The maximum absolute atomic E-state index is 14.2. The third kappa shape index (κ3) is 21.5. The highest BCUT2D eigenvalue weighted by atomic mass is 16.7. The minimum Gasteiger partial charge on any atom is -0.462 e. The van der Waals surface area contributed by atoms with Crippen LogP contribution in [-0.2, 0) is 39.7 Å². The number of nitrogens with zero attached hydrogens (tertiary/aromatic N) is 1. The van der Waals surface area contributed by atoms with Gasteiger partial charge in [0.25, 0.3) is 0 Å². The molecule has 2 bridgehead atoms. The normalized spacial score (nSPS) is 40.8. The van der Waals surface area contributed by atoms with E-state index in [1.807, 2.05) is 13.0 Å². The molecule has 474 valence electrons. The van der Waals surface area contributed by atoms with Crippen LogP contribution in [0.15, 0.2) is 95.7 Å². The van der Waals surface area contributed by atoms with E-state index in [2.05, 4.69) is 15.8 Å². The molecule has 4 aliphatic heterocycles. The molecule has 3 fully saturated rings. The third-order valence-electron chi connectivity index (χ3n) is 15.6. The number of rotatable bonds is 9. The van der Waals surface area contributed by atoms with Crippen molar-refractivity contribution in [3.8, 4) is 0 Å². The predicted octanol–water partition coefficient (Wildman–Crippen LogP) is -1.29. The third-order valence-corrected chi connectivity index (χ3v) is 15.6. The number of ether oxygens (including phenoxy) is 5. The van der Waals surface area contributed by atoms with Crippen LogP contribution < -0.4 is 10.6 Å². The van der Waals surface area contributed by atoms with Crippen molar-refractivity contribution in [2.45, 2.75) is 214 Å². The minimum absolute atomic E-state index is 0.0342. The fourth-order valence-electron chi connectivity index (χ4n) is 10.5. The van der Waals surface area contributed by atoms with Crippen molar-refractivity contribution in [3.63, 3.8) is 0 Å². The number of hydrogen-bond donors (Lipinski definition) is 16. The summed E-state index contributed by atoms with van der Waals surface area (Å²) >= 11 is 0. The van der Waals surface area contributed by atoms with Crippen LogP contribution in [0.5, 0.6) is 0 Å². The van der Waals surface area contributed by atoms with Gasteiger partial charge in [-0.25, -0.2) is 0 Å². The van der Waals surface area contributed by atoms with Crippen molar-refractivity contribution in [2.24, 2.45) is 17.8 Å². The summed E-state index contributed by atoms with van der Waals surface area (Å²) in [4.78, 5) is 26.9. The molecule has 1 amide bonds. The Morgan fingerprint density at radius 1 is 0.690 bits per heavy atom. The summed E-state index contributed by atoms with van der Waals surface area (Å²) in [5.74, 6) is -7.99. The zero-order valence-electron chi connectivity index (χ0n) is 48.2. The van der Waals surface area contributed by atoms with Gasteiger partial charge in [0.2, 0.25) is 11.7 Å². The molecular formula is C59H91N3O22. The number of carbonyl (C=O) groups is 2. The molecule has 1 aromatic rings. The van der Waals surface area contributed by atoms with Gasteiger partial charge in [0.15, 0.2) is 12.1 Å². The van der Waals surface area contributed by atoms with Crippen LogP contribution in [0.1, 0.15) is 90.5 Å². The highest BCUT2D eigenvalue weighted by Crippen LogP contribution is 2.39. The molecule has 0 saturated carbocycles. The van der Waals surface area contributed by atoms with Gasteiger partial charge in [-0.2, -0.15) is 0 Å². The van der Waals surface area contributed by atoms with Crippen LogP contribution in [0.4, 0.5) is 0 Å². The number of aliphatic hydroxyl groups is 14. The van der Waals surface area contributed by atoms with Crippen molar-refractivity contribution >= 4 is 11.9 Å². The molecule has 3 unspecified atom stereocenters. The largest absolute Gasteiger partial charge is 0.462 e. The highest BCUT2D eigenvalue weighted by Gasteiger charge is 2.53. The van der Waals surface area contributed by atoms with Crippen molar-refractivity contribution < 1.29 is 109 Å². The highest BCUT2D eigenvalue weighted by molar-refractivity contribution is 5.80. The second-order valence-electron chi connectivity index (χ2n) is 22.7. The number of carbonyl (C=O) groups excluding carboxylic acids is 2. The second-order valence-corrected chi connectivity index (χ2v) is 22.7. The molecule has 4 aliphatic rings. The molecule has 0 radical (unpaired) electrons. The van der Waals surface area contributed by atoms with Crippen molar-refractivity contribution in [1.29, 1.82) is 0 Å². The predicted molar refractivity (Wildman–Crippen MR) is 300 cm³/mol. The van der Waals surface area contributed by atoms with E-state index in [1.54, 1.807) is 99.7 Å². The first-order valence-corrected chi connectivity index (χ1v) is 28.8. The summed E-state index contributed by atoms with van der Waals surface area (Å²) in [7, 11) is 0. The first kappa shape index (κ1) is 70.3. The molecule has 5 heterocycles. The number of cyclic esters (lactones) is 1. The summed E-state index contributed by atoms with van der Waals surface area (Å²) < 4.78 is 34.6. The van der Waals surface area contributed by atoms with Crippen molar-refractivity contribution in [2.75, 3.05) is 19.7 Å². The van der Waals surface area contributed by atoms with E-state index in [0.29, 0.717) is 11.5 Å². The van der Waals surface area contributed by atoms with Crippen LogP contribution >= 0.6 is 0 Å². The average molecular weight is 1190 g/mol. The average Bonchev–Trinajstić information content (AvgIpc) is 3.88. The number of nitrogens with one attached hydrogen (secondary N) is 2. The van der Waals surface area contributed by atoms with Gasteiger partial charge in [0.1, 0.15) is 36.3 Å². The molecule has 23 atom stereocenters. The lowest BCUT2D eigenvalue weighted by Crippen LogP contribution is -2.69. The van der Waals surface area contributed by atoms with Crippen LogP contribution in [0, 0.1) is 24.7 Å². The standard InChI is InChI=1S/C59H91N3O22/c1-33-18-16-14-12-10-8-6-7-9-11-13-15-17-19-42(82-57-54(74)50(52(72)37(5)81-57)61-32-59(78)55(75)53(73)46(69)31-79-59)28-47-49(56(76)60-23-22-38-24-34(2)84-62-38)45(68)30-58(77,83-47)29-41(65)26-44(67)43(66)21-20-39(63)25-40(64)27-48(70)80-36(4)35(3)51(33)71/h6-19,24,33,35-37,39-47,49-55,57,61,63-69,71-75,77-78H,20-23,25-32H2,1-5H3,(H,60,76)/t33-,35?,36-,37+,39+,40+,41-,42-,43+,44+,45-,46+,47?,49?,50-,51+,52+,53-,54-,55-,57-,58+,59+/m0/s1. The Morgan fingerprint density at radius 2 is 1.32 bits per heavy atom. The maximum atomic E-state index is 14.2. The Labute approximate surface area is 489 Å². The second kappa shape index (κ2) is 33.6. The van der Waals surface area contributed by atoms with E-state index in [0.717, 1.165) is 0 Å². The molecule has 0 aromatic carbocycles.